The van der Waals surface area contributed by atoms with E-state index >= 15 is 0 Å². The summed E-state index contributed by atoms with van der Waals surface area (Å²) in [6.07, 6.45) is 0.216. The second-order valence-corrected chi connectivity index (χ2v) is 3.61. The summed E-state index contributed by atoms with van der Waals surface area (Å²) >= 11 is 0. The van der Waals surface area contributed by atoms with E-state index in [2.05, 4.69) is 10.8 Å². The van der Waals surface area contributed by atoms with Crippen molar-refractivity contribution >= 4 is 39.7 Å². The van der Waals surface area contributed by atoms with Crippen molar-refractivity contribution in [1.29, 1.82) is 0 Å². The number of rotatable bonds is 5. The SMILES string of the molecule is C=CCS(=O)(=O)OC(O)CC.[NaH]. The van der Waals surface area contributed by atoms with Gasteiger partial charge >= 0.3 is 29.6 Å². The predicted molar refractivity (Wildman–Crippen MR) is 48.5 cm³/mol. The molecule has 0 rings (SSSR count). The summed E-state index contributed by atoms with van der Waals surface area (Å²) in [5.74, 6) is -0.274. The van der Waals surface area contributed by atoms with Gasteiger partial charge in [0.2, 0.25) is 0 Å². The van der Waals surface area contributed by atoms with E-state index in [1.165, 1.54) is 6.08 Å². The first-order valence-corrected chi connectivity index (χ1v) is 4.79. The predicted octanol–water partition coefficient (Wildman–Crippen LogP) is -0.401. The van der Waals surface area contributed by atoms with Crippen LogP contribution < -0.4 is 0 Å². The monoisotopic (exact) mass is 204 g/mol. The van der Waals surface area contributed by atoms with Crippen LogP contribution in [0.25, 0.3) is 0 Å². The van der Waals surface area contributed by atoms with E-state index in [0.717, 1.165) is 0 Å². The van der Waals surface area contributed by atoms with Crippen LogP contribution in [0.2, 0.25) is 0 Å². The maximum absolute atomic E-state index is 10.7. The van der Waals surface area contributed by atoms with Gasteiger partial charge in [-0.15, -0.1) is 6.58 Å². The zero-order valence-electron chi connectivity index (χ0n) is 6.36. The van der Waals surface area contributed by atoms with Gasteiger partial charge in [-0.05, 0) is 6.42 Å². The van der Waals surface area contributed by atoms with Crippen molar-refractivity contribution in [2.75, 3.05) is 5.75 Å². The number of aliphatic hydroxyl groups is 1. The van der Waals surface area contributed by atoms with Crippen LogP contribution in [0.4, 0.5) is 0 Å². The standard InChI is InChI=1S/C6H12O4S.Na.H/c1-3-5-11(8,9)10-6(7)4-2;;/h3,6-7H,1,4-5H2,2H3;;. The Kier molecular flexibility index (Phi) is 8.88. The molecule has 0 aliphatic carbocycles. The third-order valence-corrected chi connectivity index (χ3v) is 2.09. The van der Waals surface area contributed by atoms with E-state index in [9.17, 15) is 8.42 Å². The van der Waals surface area contributed by atoms with Crippen molar-refractivity contribution in [3.8, 4) is 0 Å². The minimum atomic E-state index is -3.61. The van der Waals surface area contributed by atoms with Gasteiger partial charge in [-0.3, -0.25) is 0 Å². The van der Waals surface area contributed by atoms with E-state index in [4.69, 9.17) is 5.11 Å². The molecule has 0 aliphatic rings. The molecule has 0 aromatic carbocycles. The van der Waals surface area contributed by atoms with E-state index < -0.39 is 16.4 Å². The van der Waals surface area contributed by atoms with Crippen LogP contribution >= 0.6 is 0 Å². The summed E-state index contributed by atoms with van der Waals surface area (Å²) in [5.41, 5.74) is 0. The number of hydrogen-bond donors (Lipinski definition) is 1. The van der Waals surface area contributed by atoms with Crippen molar-refractivity contribution in [1.82, 2.24) is 0 Å². The summed E-state index contributed by atoms with van der Waals surface area (Å²) in [7, 11) is -3.61. The molecule has 0 saturated heterocycles. The van der Waals surface area contributed by atoms with Crippen LogP contribution in [0.15, 0.2) is 12.7 Å². The molecule has 68 valence electrons. The third kappa shape index (κ3) is 7.27. The molecule has 0 saturated carbocycles. The molecule has 12 heavy (non-hydrogen) atoms. The van der Waals surface area contributed by atoms with Gasteiger partial charge in [0.25, 0.3) is 10.1 Å². The summed E-state index contributed by atoms with van der Waals surface area (Å²) in [6.45, 7) is 4.86. The van der Waals surface area contributed by atoms with Crippen LogP contribution in [0, 0.1) is 0 Å². The van der Waals surface area contributed by atoms with E-state index in [0.29, 0.717) is 0 Å². The Morgan fingerprint density at radius 1 is 1.67 bits per heavy atom. The second kappa shape index (κ2) is 7.06. The maximum atomic E-state index is 10.7. The first-order valence-electron chi connectivity index (χ1n) is 3.21. The molecule has 0 fully saturated rings. The molecule has 6 heteroatoms. The Morgan fingerprint density at radius 2 is 2.17 bits per heavy atom. The van der Waals surface area contributed by atoms with Crippen molar-refractivity contribution in [3.63, 3.8) is 0 Å². The molecule has 0 heterocycles. The number of aliphatic hydroxyl groups excluding tert-OH is 1. The normalized spacial score (nSPS) is 13.2. The van der Waals surface area contributed by atoms with Gasteiger partial charge in [0, 0.05) is 0 Å². The Balaban J connectivity index is 0. The molecule has 0 bridgehead atoms. The molecule has 0 aromatic rings. The molecule has 0 aromatic heterocycles. The molecule has 0 radical (unpaired) electrons. The van der Waals surface area contributed by atoms with Gasteiger partial charge in [-0.2, -0.15) is 8.42 Å². The fourth-order valence-electron chi connectivity index (χ4n) is 0.421. The van der Waals surface area contributed by atoms with Crippen molar-refractivity contribution < 1.29 is 17.7 Å². The molecule has 0 amide bonds. The Hall–Kier alpha value is 0.610. The van der Waals surface area contributed by atoms with Crippen LogP contribution in [0.3, 0.4) is 0 Å². The Bertz CT molecular complexity index is 212. The van der Waals surface area contributed by atoms with Gasteiger partial charge in [-0.25, -0.2) is 4.18 Å². The van der Waals surface area contributed by atoms with Crippen LogP contribution in [-0.4, -0.2) is 55.1 Å². The molecular formula is C6H13NaO4S. The van der Waals surface area contributed by atoms with Crippen LogP contribution in [0.1, 0.15) is 13.3 Å². The van der Waals surface area contributed by atoms with Crippen molar-refractivity contribution in [2.45, 2.75) is 19.6 Å². The van der Waals surface area contributed by atoms with Gasteiger partial charge in [0.05, 0.1) is 5.75 Å². The topological polar surface area (TPSA) is 63.6 Å². The van der Waals surface area contributed by atoms with Crippen molar-refractivity contribution in [3.05, 3.63) is 12.7 Å². The van der Waals surface area contributed by atoms with E-state index in [1.807, 2.05) is 0 Å². The molecule has 1 unspecified atom stereocenters. The summed E-state index contributed by atoms with van der Waals surface area (Å²) in [6, 6.07) is 0. The first kappa shape index (κ1) is 15.1. The van der Waals surface area contributed by atoms with Crippen LogP contribution in [-0.2, 0) is 14.3 Å². The van der Waals surface area contributed by atoms with E-state index in [1.54, 1.807) is 6.92 Å². The van der Waals surface area contributed by atoms with Crippen LogP contribution in [0.5, 0.6) is 0 Å². The number of hydrogen-bond acceptors (Lipinski definition) is 4. The van der Waals surface area contributed by atoms with Crippen molar-refractivity contribution in [2.24, 2.45) is 0 Å². The summed E-state index contributed by atoms with van der Waals surface area (Å²) in [5, 5.41) is 8.78. The summed E-state index contributed by atoms with van der Waals surface area (Å²) < 4.78 is 25.8. The van der Waals surface area contributed by atoms with Gasteiger partial charge in [0.1, 0.15) is 0 Å². The third-order valence-electron chi connectivity index (χ3n) is 0.929. The zero-order chi connectivity index (χ0) is 8.91. The average molecular weight is 204 g/mol. The quantitative estimate of drug-likeness (QED) is 0.286. The minimum absolute atomic E-state index is 0. The summed E-state index contributed by atoms with van der Waals surface area (Å²) in [4.78, 5) is 0. The van der Waals surface area contributed by atoms with Gasteiger partial charge < -0.3 is 5.11 Å². The van der Waals surface area contributed by atoms with Gasteiger partial charge in [0.15, 0.2) is 6.29 Å². The van der Waals surface area contributed by atoms with E-state index in [-0.39, 0.29) is 41.7 Å². The molecule has 0 spiro atoms. The Labute approximate surface area is 95.0 Å². The molecule has 1 N–H and O–H groups in total. The fraction of sp³-hybridized carbons (Fsp3) is 0.667. The van der Waals surface area contributed by atoms with Gasteiger partial charge in [-0.1, -0.05) is 13.0 Å². The zero-order valence-corrected chi connectivity index (χ0v) is 7.17. The molecular weight excluding hydrogens is 191 g/mol. The Morgan fingerprint density at radius 3 is 2.50 bits per heavy atom. The first-order chi connectivity index (χ1) is 5.02. The molecule has 1 atom stereocenters. The second-order valence-electron chi connectivity index (χ2n) is 1.97. The molecule has 0 aliphatic heterocycles. The molecule has 4 nitrogen and oxygen atoms in total. The average Bonchev–Trinajstić information content (AvgIpc) is 1.86. The fourth-order valence-corrected chi connectivity index (χ4v) is 1.26.